The lowest BCUT2D eigenvalue weighted by Crippen LogP contribution is -2.42. The van der Waals surface area contributed by atoms with E-state index in [-0.39, 0.29) is 0 Å². The molecule has 0 aromatic rings. The van der Waals surface area contributed by atoms with Crippen molar-refractivity contribution in [2.75, 3.05) is 0 Å². The zero-order valence-electron chi connectivity index (χ0n) is 9.23. The molecule has 3 fully saturated rings. The minimum atomic E-state index is -1.34. The van der Waals surface area contributed by atoms with Crippen LogP contribution in [0.3, 0.4) is 0 Å². The fourth-order valence-corrected chi connectivity index (χ4v) is 5.62. The van der Waals surface area contributed by atoms with Gasteiger partial charge in [0.15, 0.2) is 5.66 Å². The van der Waals surface area contributed by atoms with Crippen LogP contribution in [0.15, 0.2) is 0 Å². The maximum absolute atomic E-state index is 12.0. The fourth-order valence-electron chi connectivity index (χ4n) is 3.86. The van der Waals surface area contributed by atoms with E-state index in [0.29, 0.717) is 11.8 Å². The van der Waals surface area contributed by atoms with Gasteiger partial charge in [0.05, 0.1) is 0 Å². The third-order valence-corrected chi connectivity index (χ3v) is 6.26. The van der Waals surface area contributed by atoms with Crippen molar-refractivity contribution in [3.05, 3.63) is 0 Å². The molecule has 0 amide bonds. The van der Waals surface area contributed by atoms with Gasteiger partial charge in [0.25, 0.3) is 0 Å². The van der Waals surface area contributed by atoms with E-state index in [9.17, 15) is 4.57 Å². The molecule has 0 spiro atoms. The molecule has 1 saturated heterocycles. The van der Waals surface area contributed by atoms with Crippen molar-refractivity contribution in [2.24, 2.45) is 11.8 Å². The van der Waals surface area contributed by atoms with Gasteiger partial charge in [0.1, 0.15) is 6.10 Å². The van der Waals surface area contributed by atoms with E-state index in [0.717, 1.165) is 24.7 Å². The van der Waals surface area contributed by atoms with Gasteiger partial charge in [0, 0.05) is 5.92 Å². The molecule has 3 aliphatic rings. The monoisotopic (exact) mass is 227 g/mol. The fraction of sp³-hybridized carbons (Fsp3) is 1.00. The average Bonchev–Trinajstić information content (AvgIpc) is 2.30. The first-order valence-corrected chi connectivity index (χ1v) is 7.74. The standard InChI is InChI=1S/C12H20O2P/c13-15-12-8-4-2-6-10(12)9-5-1-3-7-11(9)14-15/h9-12H,1-8H2/q+1. The Balaban J connectivity index is 1.82. The van der Waals surface area contributed by atoms with Crippen molar-refractivity contribution in [2.45, 2.75) is 63.1 Å². The van der Waals surface area contributed by atoms with Crippen LogP contribution in [0, 0.1) is 11.8 Å². The molecule has 2 saturated carbocycles. The molecule has 84 valence electrons. The predicted molar refractivity (Wildman–Crippen MR) is 60.2 cm³/mol. The molecule has 5 unspecified atom stereocenters. The Hall–Kier alpha value is 0.0600. The summed E-state index contributed by atoms with van der Waals surface area (Å²) < 4.78 is 17.8. The third kappa shape index (κ3) is 1.76. The number of hydrogen-bond acceptors (Lipinski definition) is 2. The summed E-state index contributed by atoms with van der Waals surface area (Å²) in [7, 11) is -1.34. The second-order valence-corrected chi connectivity index (χ2v) is 6.84. The van der Waals surface area contributed by atoms with Crippen LogP contribution >= 0.6 is 8.03 Å². The Morgan fingerprint density at radius 1 is 0.867 bits per heavy atom. The van der Waals surface area contributed by atoms with E-state index in [1.54, 1.807) is 0 Å². The Bertz CT molecular complexity index is 266. The van der Waals surface area contributed by atoms with Gasteiger partial charge in [-0.15, -0.1) is 4.52 Å². The van der Waals surface area contributed by atoms with Crippen LogP contribution < -0.4 is 0 Å². The summed E-state index contributed by atoms with van der Waals surface area (Å²) in [5.74, 6) is 1.48. The van der Waals surface area contributed by atoms with Crippen LogP contribution in [-0.4, -0.2) is 11.8 Å². The Morgan fingerprint density at radius 2 is 1.53 bits per heavy atom. The molecule has 0 bridgehead atoms. The second kappa shape index (κ2) is 4.14. The first-order chi connectivity index (χ1) is 7.36. The SMILES string of the molecule is O=[P+]1OC2CCCCC2C2CCCCC21. The molecule has 15 heavy (non-hydrogen) atoms. The lowest BCUT2D eigenvalue weighted by molar-refractivity contribution is 0.0238. The summed E-state index contributed by atoms with van der Waals surface area (Å²) >= 11 is 0. The molecule has 3 rings (SSSR count). The molecule has 0 aromatic carbocycles. The van der Waals surface area contributed by atoms with Gasteiger partial charge in [-0.25, -0.2) is 0 Å². The molecule has 1 aliphatic heterocycles. The summed E-state index contributed by atoms with van der Waals surface area (Å²) in [4.78, 5) is 0. The van der Waals surface area contributed by atoms with E-state index < -0.39 is 8.03 Å². The highest BCUT2D eigenvalue weighted by molar-refractivity contribution is 7.40. The molecule has 5 atom stereocenters. The number of fused-ring (bicyclic) bond motifs is 3. The molecule has 2 aliphatic carbocycles. The molecular formula is C12H20O2P+. The molecular weight excluding hydrogens is 207 g/mol. The first kappa shape index (κ1) is 10.2. The zero-order chi connectivity index (χ0) is 10.3. The summed E-state index contributed by atoms with van der Waals surface area (Å²) in [5.41, 5.74) is 0.410. The molecule has 0 N–H and O–H groups in total. The zero-order valence-corrected chi connectivity index (χ0v) is 10.1. The lowest BCUT2D eigenvalue weighted by atomic mass is 9.71. The van der Waals surface area contributed by atoms with E-state index in [1.165, 1.54) is 38.5 Å². The Morgan fingerprint density at radius 3 is 2.40 bits per heavy atom. The van der Waals surface area contributed by atoms with Crippen LogP contribution in [0.1, 0.15) is 51.4 Å². The predicted octanol–water partition coefficient (Wildman–Crippen LogP) is 3.88. The van der Waals surface area contributed by atoms with Crippen LogP contribution in [0.2, 0.25) is 0 Å². The van der Waals surface area contributed by atoms with Crippen LogP contribution in [0.25, 0.3) is 0 Å². The normalized spacial score (nSPS) is 48.1. The average molecular weight is 227 g/mol. The highest BCUT2D eigenvalue weighted by atomic mass is 31.1. The smallest absolute Gasteiger partial charge is 0.142 e. The maximum Gasteiger partial charge on any atom is 0.511 e. The van der Waals surface area contributed by atoms with Gasteiger partial charge < -0.3 is 0 Å². The summed E-state index contributed by atoms with van der Waals surface area (Å²) in [6, 6.07) is 0. The first-order valence-electron chi connectivity index (χ1n) is 6.49. The van der Waals surface area contributed by atoms with Gasteiger partial charge in [-0.3, -0.25) is 0 Å². The van der Waals surface area contributed by atoms with Crippen molar-refractivity contribution in [1.82, 2.24) is 0 Å². The Labute approximate surface area is 92.6 Å². The molecule has 0 aromatic heterocycles. The van der Waals surface area contributed by atoms with E-state index in [2.05, 4.69) is 0 Å². The Kier molecular flexibility index (Phi) is 2.83. The minimum Gasteiger partial charge on any atom is -0.142 e. The van der Waals surface area contributed by atoms with Crippen molar-refractivity contribution >= 4 is 8.03 Å². The van der Waals surface area contributed by atoms with Gasteiger partial charge >= 0.3 is 8.03 Å². The van der Waals surface area contributed by atoms with Crippen molar-refractivity contribution < 1.29 is 9.09 Å². The van der Waals surface area contributed by atoms with Gasteiger partial charge in [0.2, 0.25) is 0 Å². The molecule has 2 nitrogen and oxygen atoms in total. The molecule has 3 heteroatoms. The van der Waals surface area contributed by atoms with Crippen molar-refractivity contribution in [3.63, 3.8) is 0 Å². The number of rotatable bonds is 0. The summed E-state index contributed by atoms with van der Waals surface area (Å²) in [5, 5.41) is 0. The van der Waals surface area contributed by atoms with Crippen molar-refractivity contribution in [1.29, 1.82) is 0 Å². The van der Waals surface area contributed by atoms with E-state index in [1.807, 2.05) is 0 Å². The van der Waals surface area contributed by atoms with Crippen molar-refractivity contribution in [3.8, 4) is 0 Å². The maximum atomic E-state index is 12.0. The van der Waals surface area contributed by atoms with Gasteiger partial charge in [-0.2, -0.15) is 0 Å². The van der Waals surface area contributed by atoms with E-state index in [4.69, 9.17) is 4.52 Å². The summed E-state index contributed by atoms with van der Waals surface area (Å²) in [6.07, 6.45) is 10.6. The van der Waals surface area contributed by atoms with Crippen LogP contribution in [0.5, 0.6) is 0 Å². The highest BCUT2D eigenvalue weighted by Crippen LogP contribution is 2.55. The molecule has 1 heterocycles. The largest absolute Gasteiger partial charge is 0.511 e. The van der Waals surface area contributed by atoms with Crippen LogP contribution in [0.4, 0.5) is 0 Å². The van der Waals surface area contributed by atoms with Gasteiger partial charge in [-0.1, -0.05) is 19.3 Å². The van der Waals surface area contributed by atoms with E-state index >= 15 is 0 Å². The number of hydrogen-bond donors (Lipinski definition) is 0. The second-order valence-electron chi connectivity index (χ2n) is 5.39. The third-order valence-electron chi connectivity index (χ3n) is 4.60. The minimum absolute atomic E-state index is 0.349. The molecule has 0 radical (unpaired) electrons. The topological polar surface area (TPSA) is 26.3 Å². The van der Waals surface area contributed by atoms with Crippen LogP contribution in [-0.2, 0) is 9.09 Å². The summed E-state index contributed by atoms with van der Waals surface area (Å²) in [6.45, 7) is 0. The lowest BCUT2D eigenvalue weighted by Gasteiger charge is -2.40. The van der Waals surface area contributed by atoms with Gasteiger partial charge in [-0.05, 0) is 42.6 Å². The quantitative estimate of drug-likeness (QED) is 0.587. The highest BCUT2D eigenvalue weighted by Gasteiger charge is 2.54.